The molecule has 1 saturated heterocycles. The highest BCUT2D eigenvalue weighted by Crippen LogP contribution is 2.30. The first kappa shape index (κ1) is 15.6. The first-order chi connectivity index (χ1) is 12.8. The Balaban J connectivity index is 1.71. The molecule has 0 amide bonds. The van der Waals surface area contributed by atoms with Crippen LogP contribution in [-0.4, -0.2) is 55.8 Å². The van der Waals surface area contributed by atoms with Crippen molar-refractivity contribution in [2.45, 2.75) is 32.7 Å². The average molecular weight is 351 g/mol. The Hall–Kier alpha value is -2.61. The molecule has 0 spiro atoms. The molecule has 2 aliphatic heterocycles. The van der Waals surface area contributed by atoms with Gasteiger partial charge in [-0.3, -0.25) is 0 Å². The fraction of sp³-hybridized carbons (Fsp3) is 0.500. The predicted octanol–water partition coefficient (Wildman–Crippen LogP) is 1.76. The van der Waals surface area contributed by atoms with E-state index in [1.54, 1.807) is 12.4 Å². The molecule has 134 valence electrons. The van der Waals surface area contributed by atoms with E-state index in [9.17, 15) is 0 Å². The van der Waals surface area contributed by atoms with Crippen LogP contribution in [0.1, 0.15) is 24.5 Å². The first-order valence-corrected chi connectivity index (χ1v) is 9.18. The highest BCUT2D eigenvalue weighted by Gasteiger charge is 2.24. The van der Waals surface area contributed by atoms with E-state index in [1.807, 2.05) is 6.92 Å². The second kappa shape index (κ2) is 6.28. The van der Waals surface area contributed by atoms with Crippen molar-refractivity contribution < 1.29 is 4.74 Å². The Morgan fingerprint density at radius 3 is 2.58 bits per heavy atom. The lowest BCUT2D eigenvalue weighted by Crippen LogP contribution is -2.37. The van der Waals surface area contributed by atoms with Crippen LogP contribution in [-0.2, 0) is 17.7 Å². The summed E-state index contributed by atoms with van der Waals surface area (Å²) in [5.41, 5.74) is 2.66. The van der Waals surface area contributed by atoms with Crippen LogP contribution in [0, 0.1) is 6.92 Å². The van der Waals surface area contributed by atoms with E-state index in [2.05, 4.69) is 19.4 Å². The smallest absolute Gasteiger partial charge is 0.167 e. The third-order valence-corrected chi connectivity index (χ3v) is 5.04. The highest BCUT2D eigenvalue weighted by atomic mass is 16.5. The van der Waals surface area contributed by atoms with Gasteiger partial charge in [-0.25, -0.2) is 24.9 Å². The summed E-state index contributed by atoms with van der Waals surface area (Å²) in [6.45, 7) is 5.90. The van der Waals surface area contributed by atoms with Gasteiger partial charge in [-0.05, 0) is 19.8 Å². The van der Waals surface area contributed by atoms with Crippen molar-refractivity contribution in [3.8, 4) is 11.4 Å². The summed E-state index contributed by atoms with van der Waals surface area (Å²) in [5, 5.41) is 0. The second-order valence-electron chi connectivity index (χ2n) is 6.80. The van der Waals surface area contributed by atoms with Gasteiger partial charge >= 0.3 is 0 Å². The SMILES string of the molecule is Cc1ncc(-c2nc(N3CCOCC3)c3nc4n(c3n2)CCCC4)cn1. The monoisotopic (exact) mass is 351 g/mol. The van der Waals surface area contributed by atoms with Crippen LogP contribution in [0.15, 0.2) is 12.4 Å². The molecule has 0 aromatic carbocycles. The molecule has 5 rings (SSSR count). The summed E-state index contributed by atoms with van der Waals surface area (Å²) in [6.07, 6.45) is 6.93. The van der Waals surface area contributed by atoms with Gasteiger partial charge in [0.05, 0.1) is 18.8 Å². The number of aromatic nitrogens is 6. The Morgan fingerprint density at radius 1 is 0.962 bits per heavy atom. The minimum atomic E-state index is 0.660. The predicted molar refractivity (Wildman–Crippen MR) is 97.1 cm³/mol. The zero-order valence-electron chi connectivity index (χ0n) is 14.9. The molecule has 0 N–H and O–H groups in total. The van der Waals surface area contributed by atoms with Crippen LogP contribution in [0.4, 0.5) is 5.82 Å². The zero-order valence-corrected chi connectivity index (χ0v) is 14.9. The number of ether oxygens (including phenoxy) is 1. The lowest BCUT2D eigenvalue weighted by Gasteiger charge is -2.28. The number of fused-ring (bicyclic) bond motifs is 3. The average Bonchev–Trinajstić information content (AvgIpc) is 3.07. The number of anilines is 1. The summed E-state index contributed by atoms with van der Waals surface area (Å²) < 4.78 is 7.76. The quantitative estimate of drug-likeness (QED) is 0.696. The number of rotatable bonds is 2. The fourth-order valence-electron chi connectivity index (χ4n) is 3.64. The van der Waals surface area contributed by atoms with E-state index in [4.69, 9.17) is 19.7 Å². The maximum atomic E-state index is 5.51. The Kier molecular flexibility index (Phi) is 3.77. The molecular weight excluding hydrogens is 330 g/mol. The Morgan fingerprint density at radius 2 is 1.77 bits per heavy atom. The lowest BCUT2D eigenvalue weighted by atomic mass is 10.2. The number of aryl methyl sites for hydroxylation is 3. The minimum Gasteiger partial charge on any atom is -0.378 e. The van der Waals surface area contributed by atoms with E-state index in [-0.39, 0.29) is 0 Å². The fourth-order valence-corrected chi connectivity index (χ4v) is 3.64. The maximum Gasteiger partial charge on any atom is 0.167 e. The van der Waals surface area contributed by atoms with Gasteiger partial charge in [0.1, 0.15) is 11.6 Å². The van der Waals surface area contributed by atoms with Crippen molar-refractivity contribution >= 4 is 17.0 Å². The van der Waals surface area contributed by atoms with Crippen LogP contribution in [0.2, 0.25) is 0 Å². The first-order valence-electron chi connectivity index (χ1n) is 9.18. The summed E-state index contributed by atoms with van der Waals surface area (Å²) in [5.74, 6) is 3.42. The van der Waals surface area contributed by atoms with Crippen molar-refractivity contribution in [2.75, 3.05) is 31.2 Å². The van der Waals surface area contributed by atoms with Crippen molar-refractivity contribution in [3.63, 3.8) is 0 Å². The molecule has 8 nitrogen and oxygen atoms in total. The number of imidazole rings is 1. The van der Waals surface area contributed by atoms with Gasteiger partial charge in [0.25, 0.3) is 0 Å². The molecule has 0 unspecified atom stereocenters. The second-order valence-corrected chi connectivity index (χ2v) is 6.80. The van der Waals surface area contributed by atoms with Gasteiger partial charge in [-0.15, -0.1) is 0 Å². The molecular formula is C18H21N7O. The summed E-state index contributed by atoms with van der Waals surface area (Å²) >= 11 is 0. The third kappa shape index (κ3) is 2.61. The molecule has 1 fully saturated rings. The van der Waals surface area contributed by atoms with Crippen LogP contribution in [0.3, 0.4) is 0 Å². The van der Waals surface area contributed by atoms with Crippen molar-refractivity contribution in [3.05, 3.63) is 24.0 Å². The molecule has 26 heavy (non-hydrogen) atoms. The van der Waals surface area contributed by atoms with Gasteiger partial charge < -0.3 is 14.2 Å². The van der Waals surface area contributed by atoms with Gasteiger partial charge in [0, 0.05) is 38.4 Å². The number of hydrogen-bond acceptors (Lipinski definition) is 7. The maximum absolute atomic E-state index is 5.51. The third-order valence-electron chi connectivity index (χ3n) is 5.04. The number of hydrogen-bond donors (Lipinski definition) is 0. The highest BCUT2D eigenvalue weighted by molar-refractivity contribution is 5.86. The standard InChI is InChI=1S/C18H21N7O/c1-12-19-10-13(11-20-12)16-22-17(24-6-8-26-9-7-24)15-18(23-16)25-5-3-2-4-14(25)21-15/h10-11H,2-9H2,1H3. The molecule has 2 aliphatic rings. The molecule has 5 heterocycles. The minimum absolute atomic E-state index is 0.660. The Bertz CT molecular complexity index is 944. The summed E-state index contributed by atoms with van der Waals surface area (Å²) in [4.78, 5) is 25.5. The van der Waals surface area contributed by atoms with Crippen LogP contribution in [0.25, 0.3) is 22.6 Å². The number of nitrogens with zero attached hydrogens (tertiary/aromatic N) is 7. The van der Waals surface area contributed by atoms with Gasteiger partial charge in [-0.2, -0.15) is 0 Å². The van der Waals surface area contributed by atoms with Crippen LogP contribution >= 0.6 is 0 Å². The van der Waals surface area contributed by atoms with Crippen LogP contribution < -0.4 is 4.90 Å². The van der Waals surface area contributed by atoms with Gasteiger partial charge in [0.15, 0.2) is 22.8 Å². The van der Waals surface area contributed by atoms with E-state index in [0.29, 0.717) is 19.0 Å². The topological polar surface area (TPSA) is 81.9 Å². The van der Waals surface area contributed by atoms with E-state index >= 15 is 0 Å². The largest absolute Gasteiger partial charge is 0.378 e. The van der Waals surface area contributed by atoms with Gasteiger partial charge in [-0.1, -0.05) is 0 Å². The molecule has 0 atom stereocenters. The molecule has 0 saturated carbocycles. The molecule has 8 heteroatoms. The lowest BCUT2D eigenvalue weighted by molar-refractivity contribution is 0.122. The molecule has 0 bridgehead atoms. The van der Waals surface area contributed by atoms with Crippen molar-refractivity contribution in [1.29, 1.82) is 0 Å². The van der Waals surface area contributed by atoms with Crippen molar-refractivity contribution in [1.82, 2.24) is 29.5 Å². The van der Waals surface area contributed by atoms with E-state index in [0.717, 1.165) is 60.2 Å². The molecule has 0 aliphatic carbocycles. The van der Waals surface area contributed by atoms with Gasteiger partial charge in [0.2, 0.25) is 0 Å². The normalized spacial score (nSPS) is 17.5. The molecule has 0 radical (unpaired) electrons. The summed E-state index contributed by atoms with van der Waals surface area (Å²) in [7, 11) is 0. The van der Waals surface area contributed by atoms with E-state index < -0.39 is 0 Å². The van der Waals surface area contributed by atoms with Crippen LogP contribution in [0.5, 0.6) is 0 Å². The number of morpholine rings is 1. The molecule has 3 aromatic heterocycles. The zero-order chi connectivity index (χ0) is 17.5. The van der Waals surface area contributed by atoms with Crippen molar-refractivity contribution in [2.24, 2.45) is 0 Å². The molecule has 3 aromatic rings. The Labute approximate surface area is 151 Å². The summed E-state index contributed by atoms with van der Waals surface area (Å²) in [6, 6.07) is 0. The van der Waals surface area contributed by atoms with E-state index in [1.165, 1.54) is 12.8 Å².